The van der Waals surface area contributed by atoms with E-state index in [2.05, 4.69) is 180 Å². The van der Waals surface area contributed by atoms with Crippen LogP contribution in [-0.2, 0) is 53.3 Å². The summed E-state index contributed by atoms with van der Waals surface area (Å²) in [6.45, 7) is 32.3. The summed E-state index contributed by atoms with van der Waals surface area (Å²) in [5, 5.41) is 0. The van der Waals surface area contributed by atoms with Gasteiger partial charge in [-0.2, -0.15) is 28.8 Å². The van der Waals surface area contributed by atoms with E-state index < -0.39 is 0 Å². The van der Waals surface area contributed by atoms with E-state index in [0.717, 1.165) is 12.8 Å². The average molecular weight is 811 g/mol. The Morgan fingerprint density at radius 2 is 1.27 bits per heavy atom. The standard InChI is InChI=1S/C31H37.C11H17.C7H6.2ClH.Zr/c1-28(2,3)26-16-30(7,8)24-12-18-11-19-13-25-23(15-21(19)20(18)14-22(24)26)27(29(4,5)6)17-31(25,9)10;1-5-9-6-7-10(8-9)11(2,3)4;1-7-5-3-2-4-6-7;;;/h12-16H,11H2,1-10H3;6-8H,5H2,1-4H3;1-6H;2*1H;/q2*-1;;;;+2/p-2. The fourth-order valence-corrected chi connectivity index (χ4v) is 8.15. The first-order chi connectivity index (χ1) is 23.1. The van der Waals surface area contributed by atoms with Crippen molar-refractivity contribution in [2.45, 2.75) is 126 Å². The first kappa shape index (κ1) is 44.2. The Hall–Kier alpha value is -2.18. The minimum absolute atomic E-state index is 0. The van der Waals surface area contributed by atoms with Crippen LogP contribution in [0.4, 0.5) is 0 Å². The predicted molar refractivity (Wildman–Crippen MR) is 216 cm³/mol. The van der Waals surface area contributed by atoms with Crippen LogP contribution in [0, 0.1) is 16.9 Å². The summed E-state index contributed by atoms with van der Waals surface area (Å²) in [6, 6.07) is 27.1. The van der Waals surface area contributed by atoms with Crippen molar-refractivity contribution in [1.82, 2.24) is 0 Å². The summed E-state index contributed by atoms with van der Waals surface area (Å²) in [5.41, 5.74) is 19.4. The van der Waals surface area contributed by atoms with Crippen molar-refractivity contribution in [2.75, 3.05) is 0 Å². The van der Waals surface area contributed by atoms with Gasteiger partial charge in [-0.05, 0) is 62.3 Å². The van der Waals surface area contributed by atoms with Gasteiger partial charge in [-0.3, -0.25) is 6.08 Å². The minimum atomic E-state index is -0.0202. The number of halogens is 2. The van der Waals surface area contributed by atoms with E-state index in [9.17, 15) is 0 Å². The SMILES string of the molecule is CC(C)(C)C1=[C-]C(C)(C)c2cc3c(cc21)-c1cc2c(cc1C3)C(C)(C)C=C2C(C)(C)C.CCc1cc(C(C)(C)C)c[cH-]1.[Cl-].[Cl-].[Zr+2]=[CH]c1ccccc1. The van der Waals surface area contributed by atoms with Gasteiger partial charge in [0.2, 0.25) is 0 Å². The van der Waals surface area contributed by atoms with Gasteiger partial charge < -0.3 is 24.8 Å². The summed E-state index contributed by atoms with van der Waals surface area (Å²) in [4.78, 5) is 0. The van der Waals surface area contributed by atoms with Crippen LogP contribution in [0.5, 0.6) is 0 Å². The van der Waals surface area contributed by atoms with Crippen LogP contribution in [0.15, 0.2) is 78.9 Å². The number of benzene rings is 3. The zero-order valence-electron chi connectivity index (χ0n) is 34.3. The molecule has 3 aliphatic carbocycles. The Morgan fingerprint density at radius 3 is 1.71 bits per heavy atom. The third kappa shape index (κ3) is 9.19. The number of hydrogen-bond acceptors (Lipinski definition) is 0. The van der Waals surface area contributed by atoms with Crippen LogP contribution >= 0.6 is 0 Å². The van der Waals surface area contributed by atoms with Gasteiger partial charge in [0, 0.05) is 5.41 Å². The molecular formula is C49H60Cl2Zr-2. The number of hydrogen-bond donors (Lipinski definition) is 0. The number of rotatable bonds is 2. The summed E-state index contributed by atoms with van der Waals surface area (Å²) >= 11 is 1.46. The van der Waals surface area contributed by atoms with Crippen molar-refractivity contribution in [3.63, 3.8) is 0 Å². The van der Waals surface area contributed by atoms with E-state index >= 15 is 0 Å². The molecule has 0 atom stereocenters. The summed E-state index contributed by atoms with van der Waals surface area (Å²) < 4.78 is 2.17. The van der Waals surface area contributed by atoms with E-state index in [1.165, 1.54) is 96.6 Å². The van der Waals surface area contributed by atoms with Crippen molar-refractivity contribution in [1.29, 1.82) is 0 Å². The molecule has 0 nitrogen and oxygen atoms in total. The van der Waals surface area contributed by atoms with Crippen LogP contribution in [0.2, 0.25) is 0 Å². The maximum absolute atomic E-state index is 3.85. The number of fused-ring (bicyclic) bond motifs is 5. The molecule has 0 heterocycles. The molecule has 276 valence electrons. The van der Waals surface area contributed by atoms with Gasteiger partial charge in [0.25, 0.3) is 0 Å². The van der Waals surface area contributed by atoms with Crippen molar-refractivity contribution < 1.29 is 49.0 Å². The maximum atomic E-state index is 3.85. The van der Waals surface area contributed by atoms with Gasteiger partial charge in [-0.25, -0.2) is 11.6 Å². The van der Waals surface area contributed by atoms with E-state index in [-0.39, 0.29) is 46.5 Å². The molecule has 0 N–H and O–H groups in total. The van der Waals surface area contributed by atoms with Crippen molar-refractivity contribution in [3.8, 4) is 11.1 Å². The third-order valence-corrected chi connectivity index (χ3v) is 11.5. The average Bonchev–Trinajstić information content (AvgIpc) is 3.77. The summed E-state index contributed by atoms with van der Waals surface area (Å²) in [7, 11) is 0. The molecule has 52 heavy (non-hydrogen) atoms. The molecule has 0 fully saturated rings. The second-order valence-corrected chi connectivity index (χ2v) is 19.6. The van der Waals surface area contributed by atoms with Crippen LogP contribution in [0.1, 0.15) is 147 Å². The monoisotopic (exact) mass is 808 g/mol. The van der Waals surface area contributed by atoms with Crippen LogP contribution < -0.4 is 24.8 Å². The zero-order chi connectivity index (χ0) is 37.0. The van der Waals surface area contributed by atoms with Crippen molar-refractivity contribution in [2.24, 2.45) is 10.8 Å². The van der Waals surface area contributed by atoms with Crippen LogP contribution in [0.3, 0.4) is 0 Å². The van der Waals surface area contributed by atoms with Crippen molar-refractivity contribution >= 4 is 14.9 Å². The molecule has 3 heteroatoms. The fourth-order valence-electron chi connectivity index (χ4n) is 7.67. The molecule has 4 aromatic rings. The quantitative estimate of drug-likeness (QED) is 0.166. The number of allylic oxidation sites excluding steroid dienone is 4. The molecule has 7 rings (SSSR count). The Balaban J connectivity index is 0.000000286. The summed E-state index contributed by atoms with van der Waals surface area (Å²) in [5.74, 6) is 0. The van der Waals surface area contributed by atoms with Gasteiger partial charge in [0.05, 0.1) is 0 Å². The molecule has 3 aliphatic rings. The zero-order valence-corrected chi connectivity index (χ0v) is 38.2. The normalized spacial score (nSPS) is 15.8. The van der Waals surface area contributed by atoms with Crippen molar-refractivity contribution in [3.05, 3.63) is 135 Å². The molecular weight excluding hydrogens is 751 g/mol. The van der Waals surface area contributed by atoms with Gasteiger partial charge in [0.1, 0.15) is 0 Å². The molecule has 0 saturated heterocycles. The van der Waals surface area contributed by atoms with Gasteiger partial charge in [-0.15, -0.1) is 11.6 Å². The topological polar surface area (TPSA) is 0 Å². The molecule has 0 aromatic heterocycles. The molecule has 0 unspecified atom stereocenters. The van der Waals surface area contributed by atoms with Crippen LogP contribution in [0.25, 0.3) is 22.3 Å². The first-order valence-electron chi connectivity index (χ1n) is 18.6. The molecule has 0 saturated carbocycles. The van der Waals surface area contributed by atoms with E-state index in [1.54, 1.807) is 0 Å². The predicted octanol–water partition coefficient (Wildman–Crippen LogP) is 7.16. The Kier molecular flexibility index (Phi) is 13.5. The molecule has 4 aromatic carbocycles. The molecule has 0 amide bonds. The van der Waals surface area contributed by atoms with E-state index in [4.69, 9.17) is 0 Å². The Labute approximate surface area is 344 Å². The molecule has 0 bridgehead atoms. The van der Waals surface area contributed by atoms with E-state index in [0.29, 0.717) is 5.41 Å². The summed E-state index contributed by atoms with van der Waals surface area (Å²) in [6.07, 6.45) is 8.56. The van der Waals surface area contributed by atoms with E-state index in [1.807, 2.05) is 6.07 Å². The molecule has 0 aliphatic heterocycles. The van der Waals surface area contributed by atoms with Gasteiger partial charge in [0.15, 0.2) is 0 Å². The number of aryl methyl sites for hydroxylation is 1. The second-order valence-electron chi connectivity index (χ2n) is 18.9. The van der Waals surface area contributed by atoms with Gasteiger partial charge in [-0.1, -0.05) is 132 Å². The molecule has 0 radical (unpaired) electrons. The third-order valence-electron chi connectivity index (χ3n) is 10.6. The first-order valence-corrected chi connectivity index (χ1v) is 20.0. The Bertz CT molecular complexity index is 1860. The second kappa shape index (κ2) is 15.9. The van der Waals surface area contributed by atoms with Crippen LogP contribution in [-0.4, -0.2) is 3.71 Å². The fraction of sp³-hybridized carbons (Fsp3) is 0.429. The Morgan fingerprint density at radius 1 is 0.712 bits per heavy atom. The molecule has 0 spiro atoms. The van der Waals surface area contributed by atoms with Gasteiger partial charge >= 0.3 is 63.8 Å².